The Bertz CT molecular complexity index is 895. The Kier molecular flexibility index (Phi) is 1.91. The molecule has 2 heterocycles. The number of furan rings is 1. The van der Waals surface area contributed by atoms with Crippen molar-refractivity contribution in [2.24, 2.45) is 0 Å². The fourth-order valence-electron chi connectivity index (χ4n) is 2.33. The summed E-state index contributed by atoms with van der Waals surface area (Å²) >= 11 is 5.88. The van der Waals surface area contributed by atoms with E-state index in [1.54, 1.807) is 12.3 Å². The third-order valence-electron chi connectivity index (χ3n) is 3.19. The summed E-state index contributed by atoms with van der Waals surface area (Å²) in [5, 5.41) is 4.89. The highest BCUT2D eigenvalue weighted by Gasteiger charge is 2.08. The summed E-state index contributed by atoms with van der Waals surface area (Å²) in [6, 6.07) is 14.2. The van der Waals surface area contributed by atoms with Gasteiger partial charge in [-0.15, -0.1) is 0 Å². The van der Waals surface area contributed by atoms with Gasteiger partial charge in [-0.3, -0.25) is 0 Å². The Morgan fingerprint density at radius 3 is 2.44 bits per heavy atom. The van der Waals surface area contributed by atoms with Gasteiger partial charge in [0, 0.05) is 23.0 Å². The summed E-state index contributed by atoms with van der Waals surface area (Å²) in [5.74, 6) is 0. The molecule has 2 aromatic carbocycles. The summed E-state index contributed by atoms with van der Waals surface area (Å²) in [6.45, 7) is 0. The van der Waals surface area contributed by atoms with Crippen molar-refractivity contribution in [1.29, 1.82) is 0 Å². The van der Waals surface area contributed by atoms with Crippen molar-refractivity contribution in [3.05, 3.63) is 53.8 Å². The van der Waals surface area contributed by atoms with Crippen molar-refractivity contribution in [2.45, 2.75) is 0 Å². The van der Waals surface area contributed by atoms with Crippen LogP contribution in [0.2, 0.25) is 5.15 Å². The third kappa shape index (κ3) is 1.33. The van der Waals surface area contributed by atoms with Gasteiger partial charge in [0.15, 0.2) is 0 Å². The molecule has 0 N–H and O–H groups in total. The number of hydrogen-bond acceptors (Lipinski definition) is 2. The number of rotatable bonds is 0. The SMILES string of the molecule is Clc1cc2oc3cc4ccccc4cc3c2cn1. The highest BCUT2D eigenvalue weighted by molar-refractivity contribution is 6.30. The second-order valence-electron chi connectivity index (χ2n) is 4.30. The van der Waals surface area contributed by atoms with Crippen molar-refractivity contribution in [3.8, 4) is 0 Å². The van der Waals surface area contributed by atoms with Crippen LogP contribution in [0.15, 0.2) is 53.1 Å². The molecule has 3 heteroatoms. The highest BCUT2D eigenvalue weighted by atomic mass is 35.5. The van der Waals surface area contributed by atoms with Crippen LogP contribution in [0.1, 0.15) is 0 Å². The van der Waals surface area contributed by atoms with Crippen LogP contribution in [0.3, 0.4) is 0 Å². The van der Waals surface area contributed by atoms with Crippen LogP contribution in [-0.2, 0) is 0 Å². The van der Waals surface area contributed by atoms with Gasteiger partial charge in [0.2, 0.25) is 0 Å². The van der Waals surface area contributed by atoms with Crippen LogP contribution in [-0.4, -0.2) is 4.98 Å². The Morgan fingerprint density at radius 1 is 0.889 bits per heavy atom. The summed E-state index contributed by atoms with van der Waals surface area (Å²) < 4.78 is 5.82. The molecule has 18 heavy (non-hydrogen) atoms. The van der Waals surface area contributed by atoms with Crippen LogP contribution in [0.4, 0.5) is 0 Å². The minimum absolute atomic E-state index is 0.450. The van der Waals surface area contributed by atoms with E-state index < -0.39 is 0 Å². The maximum atomic E-state index is 5.88. The number of aromatic nitrogens is 1. The largest absolute Gasteiger partial charge is 0.456 e. The maximum absolute atomic E-state index is 5.88. The molecule has 0 saturated heterocycles. The van der Waals surface area contributed by atoms with E-state index in [1.165, 1.54) is 10.8 Å². The Balaban J connectivity index is 2.23. The molecule has 0 aliphatic heterocycles. The van der Waals surface area contributed by atoms with Gasteiger partial charge in [0.1, 0.15) is 16.3 Å². The van der Waals surface area contributed by atoms with E-state index in [0.717, 1.165) is 21.9 Å². The summed E-state index contributed by atoms with van der Waals surface area (Å²) in [4.78, 5) is 4.12. The van der Waals surface area contributed by atoms with E-state index in [0.29, 0.717) is 5.15 Å². The molecule has 0 atom stereocenters. The van der Waals surface area contributed by atoms with E-state index in [1.807, 2.05) is 12.1 Å². The van der Waals surface area contributed by atoms with E-state index in [4.69, 9.17) is 16.0 Å². The highest BCUT2D eigenvalue weighted by Crippen LogP contribution is 2.32. The average molecular weight is 254 g/mol. The monoisotopic (exact) mass is 253 g/mol. The lowest BCUT2D eigenvalue weighted by molar-refractivity contribution is 0.669. The van der Waals surface area contributed by atoms with Crippen molar-refractivity contribution in [1.82, 2.24) is 4.98 Å². The molecule has 0 aliphatic rings. The number of benzene rings is 2. The molecule has 2 nitrogen and oxygen atoms in total. The molecule has 0 bridgehead atoms. The Morgan fingerprint density at radius 2 is 1.61 bits per heavy atom. The molecule has 0 unspecified atom stereocenters. The maximum Gasteiger partial charge on any atom is 0.140 e. The van der Waals surface area contributed by atoms with Crippen LogP contribution in [0.5, 0.6) is 0 Å². The molecule has 0 fully saturated rings. The fraction of sp³-hybridized carbons (Fsp3) is 0. The standard InChI is InChI=1S/C15H8ClNO/c16-15-7-14-12(8-17-15)11-5-9-3-1-2-4-10(9)6-13(11)18-14/h1-8H. The van der Waals surface area contributed by atoms with Crippen molar-refractivity contribution >= 4 is 44.3 Å². The van der Waals surface area contributed by atoms with Crippen LogP contribution in [0.25, 0.3) is 32.7 Å². The average Bonchev–Trinajstić information content (AvgIpc) is 2.72. The molecule has 4 rings (SSSR count). The zero-order valence-electron chi connectivity index (χ0n) is 9.35. The molecule has 2 aromatic heterocycles. The normalized spacial score (nSPS) is 11.6. The molecular formula is C15H8ClNO. The molecule has 0 aliphatic carbocycles. The van der Waals surface area contributed by atoms with Gasteiger partial charge in [-0.1, -0.05) is 35.9 Å². The Hall–Kier alpha value is -2.06. The molecule has 0 amide bonds. The van der Waals surface area contributed by atoms with Crippen molar-refractivity contribution in [2.75, 3.05) is 0 Å². The summed E-state index contributed by atoms with van der Waals surface area (Å²) in [7, 11) is 0. The first-order valence-electron chi connectivity index (χ1n) is 5.68. The summed E-state index contributed by atoms with van der Waals surface area (Å²) in [5.41, 5.74) is 1.65. The summed E-state index contributed by atoms with van der Waals surface area (Å²) in [6.07, 6.45) is 1.76. The first kappa shape index (κ1) is 9.92. The van der Waals surface area contributed by atoms with Crippen LogP contribution in [0, 0.1) is 0 Å². The molecule has 4 aromatic rings. The van der Waals surface area contributed by atoms with E-state index in [9.17, 15) is 0 Å². The third-order valence-corrected chi connectivity index (χ3v) is 3.40. The first-order chi connectivity index (χ1) is 8.81. The van der Waals surface area contributed by atoms with Gasteiger partial charge in [-0.2, -0.15) is 0 Å². The number of fused-ring (bicyclic) bond motifs is 4. The zero-order chi connectivity index (χ0) is 12.1. The quantitative estimate of drug-likeness (QED) is 0.421. The predicted molar refractivity (Wildman–Crippen MR) is 74.0 cm³/mol. The first-order valence-corrected chi connectivity index (χ1v) is 6.06. The molecule has 0 saturated carbocycles. The molecule has 0 spiro atoms. The molecular weight excluding hydrogens is 246 g/mol. The van der Waals surface area contributed by atoms with Crippen LogP contribution < -0.4 is 0 Å². The van der Waals surface area contributed by atoms with Gasteiger partial charge in [-0.05, 0) is 22.9 Å². The smallest absolute Gasteiger partial charge is 0.140 e. The van der Waals surface area contributed by atoms with E-state index in [-0.39, 0.29) is 0 Å². The predicted octanol–water partition coefficient (Wildman–Crippen LogP) is 4.79. The topological polar surface area (TPSA) is 26.0 Å². The Labute approximate surface area is 108 Å². The number of nitrogens with zero attached hydrogens (tertiary/aromatic N) is 1. The van der Waals surface area contributed by atoms with Crippen molar-refractivity contribution < 1.29 is 4.42 Å². The fourth-order valence-corrected chi connectivity index (χ4v) is 2.48. The lowest BCUT2D eigenvalue weighted by atomic mass is 10.1. The lowest BCUT2D eigenvalue weighted by Gasteiger charge is -1.96. The number of pyridine rings is 1. The van der Waals surface area contributed by atoms with E-state index in [2.05, 4.69) is 29.2 Å². The van der Waals surface area contributed by atoms with Gasteiger partial charge in [0.25, 0.3) is 0 Å². The molecule has 86 valence electrons. The number of halogens is 1. The minimum atomic E-state index is 0.450. The van der Waals surface area contributed by atoms with Gasteiger partial charge in [0.05, 0.1) is 0 Å². The minimum Gasteiger partial charge on any atom is -0.456 e. The lowest BCUT2D eigenvalue weighted by Crippen LogP contribution is -1.74. The van der Waals surface area contributed by atoms with Crippen LogP contribution >= 0.6 is 11.6 Å². The van der Waals surface area contributed by atoms with Gasteiger partial charge < -0.3 is 4.42 Å². The second kappa shape index (κ2) is 3.47. The molecule has 0 radical (unpaired) electrons. The second-order valence-corrected chi connectivity index (χ2v) is 4.69. The van der Waals surface area contributed by atoms with Crippen molar-refractivity contribution in [3.63, 3.8) is 0 Å². The van der Waals surface area contributed by atoms with E-state index >= 15 is 0 Å². The van der Waals surface area contributed by atoms with Gasteiger partial charge in [-0.25, -0.2) is 4.98 Å². The number of hydrogen-bond donors (Lipinski definition) is 0. The zero-order valence-corrected chi connectivity index (χ0v) is 10.1. The van der Waals surface area contributed by atoms with Gasteiger partial charge >= 0.3 is 0 Å².